The van der Waals surface area contributed by atoms with Gasteiger partial charge in [-0.2, -0.15) is 0 Å². The molecule has 1 heterocycles. The Labute approximate surface area is 140 Å². The lowest BCUT2D eigenvalue weighted by molar-refractivity contribution is -0.415. The summed E-state index contributed by atoms with van der Waals surface area (Å²) in [7, 11) is 0. The molecule has 1 aromatic carbocycles. The minimum atomic E-state index is -0.769. The van der Waals surface area contributed by atoms with E-state index in [1.165, 1.54) is 6.08 Å². The van der Waals surface area contributed by atoms with Crippen molar-refractivity contribution >= 4 is 23.2 Å². The number of carbonyl (C=O) groups is 2. The lowest BCUT2D eigenvalue weighted by Gasteiger charge is -2.45. The minimum Gasteiger partial charge on any atom is -0.299 e. The van der Waals surface area contributed by atoms with Crippen molar-refractivity contribution in [2.75, 3.05) is 0 Å². The molecule has 2 bridgehead atoms. The first kappa shape index (κ1) is 16.4. The summed E-state index contributed by atoms with van der Waals surface area (Å²) < 4.78 is 0. The molecule has 0 spiro atoms. The van der Waals surface area contributed by atoms with Crippen molar-refractivity contribution in [1.82, 2.24) is 0 Å². The third-order valence-electron chi connectivity index (χ3n) is 4.89. The second-order valence-electron chi connectivity index (χ2n) is 6.50. The zero-order valence-corrected chi connectivity index (χ0v) is 13.9. The Morgan fingerprint density at radius 1 is 1.35 bits per heavy atom. The van der Waals surface area contributed by atoms with Crippen LogP contribution < -0.4 is 0 Å². The Kier molecular flexibility index (Phi) is 4.41. The molecule has 3 rings (SSSR count). The molecule has 0 aromatic heterocycles. The zero-order valence-electron chi connectivity index (χ0n) is 13.1. The Bertz CT molecular complexity index is 651. The number of halogens is 1. The average Bonchev–Trinajstić information content (AvgIpc) is 2.54. The molecule has 4 nitrogen and oxygen atoms in total. The van der Waals surface area contributed by atoms with E-state index in [1.807, 2.05) is 13.8 Å². The topological polar surface area (TPSA) is 52.6 Å². The maximum absolute atomic E-state index is 12.2. The van der Waals surface area contributed by atoms with Crippen LogP contribution in [0.5, 0.6) is 0 Å². The summed E-state index contributed by atoms with van der Waals surface area (Å²) >= 11 is 5.82. The molecule has 0 unspecified atom stereocenters. The number of carbonyl (C=O) groups excluding carboxylic acids is 2. The molecular weight excluding hydrogens is 316 g/mol. The van der Waals surface area contributed by atoms with E-state index < -0.39 is 5.60 Å². The number of Topliss-reactive ketones (excluding diaryl/α,β-unsaturated/α-hetero) is 1. The SMILES string of the molecule is C[C@H]1C(=O)C[C@@H]2C[C@H]1OO[C@]2(C)C=CC(=O)c1ccc(Cl)cc1. The summed E-state index contributed by atoms with van der Waals surface area (Å²) in [6.07, 6.45) is 4.22. The van der Waals surface area contributed by atoms with E-state index in [-0.39, 0.29) is 29.5 Å². The van der Waals surface area contributed by atoms with Crippen LogP contribution in [0.1, 0.15) is 37.0 Å². The molecule has 1 aliphatic heterocycles. The van der Waals surface area contributed by atoms with Crippen LogP contribution in [0.25, 0.3) is 0 Å². The predicted molar refractivity (Wildman–Crippen MR) is 86.2 cm³/mol. The van der Waals surface area contributed by atoms with Crippen LogP contribution in [0, 0.1) is 11.8 Å². The van der Waals surface area contributed by atoms with Crippen molar-refractivity contribution in [2.24, 2.45) is 11.8 Å². The van der Waals surface area contributed by atoms with Gasteiger partial charge >= 0.3 is 0 Å². The Morgan fingerprint density at radius 3 is 2.74 bits per heavy atom. The highest BCUT2D eigenvalue weighted by Gasteiger charge is 2.48. The lowest BCUT2D eigenvalue weighted by atomic mass is 9.71. The molecular formula is C18H19ClO4. The van der Waals surface area contributed by atoms with Crippen LogP contribution in [0.2, 0.25) is 5.02 Å². The number of benzene rings is 1. The van der Waals surface area contributed by atoms with Gasteiger partial charge in [-0.15, -0.1) is 0 Å². The Morgan fingerprint density at radius 2 is 2.04 bits per heavy atom. The van der Waals surface area contributed by atoms with Gasteiger partial charge in [0.2, 0.25) is 0 Å². The lowest BCUT2D eigenvalue weighted by Crippen LogP contribution is -2.52. The van der Waals surface area contributed by atoms with Crippen LogP contribution in [-0.4, -0.2) is 23.3 Å². The van der Waals surface area contributed by atoms with Gasteiger partial charge in [-0.25, -0.2) is 9.78 Å². The van der Waals surface area contributed by atoms with Gasteiger partial charge in [-0.3, -0.25) is 9.59 Å². The fourth-order valence-electron chi connectivity index (χ4n) is 3.11. The van der Waals surface area contributed by atoms with E-state index in [4.69, 9.17) is 21.4 Å². The molecule has 0 N–H and O–H groups in total. The molecule has 5 heteroatoms. The van der Waals surface area contributed by atoms with Crippen molar-refractivity contribution < 1.29 is 19.4 Å². The molecule has 2 fully saturated rings. The number of ketones is 2. The van der Waals surface area contributed by atoms with Crippen molar-refractivity contribution in [3.05, 3.63) is 47.0 Å². The van der Waals surface area contributed by atoms with Gasteiger partial charge in [-0.1, -0.05) is 18.5 Å². The molecule has 23 heavy (non-hydrogen) atoms. The molecule has 0 radical (unpaired) electrons. The number of hydrogen-bond donors (Lipinski definition) is 0. The highest BCUT2D eigenvalue weighted by Crippen LogP contribution is 2.42. The summed E-state index contributed by atoms with van der Waals surface area (Å²) in [5.74, 6) is -0.0444. The van der Waals surface area contributed by atoms with Crippen LogP contribution in [0.4, 0.5) is 0 Å². The van der Waals surface area contributed by atoms with Gasteiger partial charge < -0.3 is 0 Å². The summed E-state index contributed by atoms with van der Waals surface area (Å²) in [4.78, 5) is 35.2. The fraction of sp³-hybridized carbons (Fsp3) is 0.444. The first-order chi connectivity index (χ1) is 10.9. The largest absolute Gasteiger partial charge is 0.299 e. The summed E-state index contributed by atoms with van der Waals surface area (Å²) in [6, 6.07) is 6.71. The second kappa shape index (κ2) is 6.19. The highest BCUT2D eigenvalue weighted by atomic mass is 35.5. The number of fused-ring (bicyclic) bond motifs is 2. The van der Waals surface area contributed by atoms with E-state index in [0.717, 1.165) is 6.42 Å². The average molecular weight is 335 g/mol. The van der Waals surface area contributed by atoms with Gasteiger partial charge in [0.15, 0.2) is 5.78 Å². The van der Waals surface area contributed by atoms with Crippen molar-refractivity contribution in [3.8, 4) is 0 Å². The van der Waals surface area contributed by atoms with Gasteiger partial charge in [-0.05, 0) is 49.8 Å². The standard InChI is InChI=1S/C18H19ClO4/c1-11-16(21)9-13-10-17(11)22-23-18(13,2)8-7-15(20)12-3-5-14(19)6-4-12/h3-8,11,13,17H,9-10H2,1-2H3/t11-,13+,17+,18+/m0/s1. The van der Waals surface area contributed by atoms with Crippen molar-refractivity contribution in [3.63, 3.8) is 0 Å². The van der Waals surface area contributed by atoms with E-state index in [1.54, 1.807) is 30.3 Å². The maximum Gasteiger partial charge on any atom is 0.185 e. The van der Waals surface area contributed by atoms with E-state index >= 15 is 0 Å². The molecule has 122 valence electrons. The normalized spacial score (nSPS) is 33.9. The fourth-order valence-corrected chi connectivity index (χ4v) is 3.24. The number of rotatable bonds is 3. The van der Waals surface area contributed by atoms with Gasteiger partial charge in [0.1, 0.15) is 17.5 Å². The summed E-state index contributed by atoms with van der Waals surface area (Å²) in [6.45, 7) is 3.72. The van der Waals surface area contributed by atoms with Crippen molar-refractivity contribution in [1.29, 1.82) is 0 Å². The van der Waals surface area contributed by atoms with Crippen LogP contribution in [0.3, 0.4) is 0 Å². The van der Waals surface area contributed by atoms with Gasteiger partial charge in [0.05, 0.1) is 0 Å². The van der Waals surface area contributed by atoms with Gasteiger partial charge in [0.25, 0.3) is 0 Å². The molecule has 4 atom stereocenters. The molecule has 1 saturated heterocycles. The summed E-state index contributed by atoms with van der Waals surface area (Å²) in [5, 5.41) is 0.586. The second-order valence-corrected chi connectivity index (χ2v) is 6.93. The highest BCUT2D eigenvalue weighted by molar-refractivity contribution is 6.30. The third-order valence-corrected chi connectivity index (χ3v) is 5.14. The summed E-state index contributed by atoms with van der Waals surface area (Å²) in [5.41, 5.74) is -0.216. The van der Waals surface area contributed by atoms with Gasteiger partial charge in [0, 0.05) is 28.8 Å². The predicted octanol–water partition coefficient (Wildman–Crippen LogP) is 3.78. The van der Waals surface area contributed by atoms with Crippen LogP contribution in [0.15, 0.2) is 36.4 Å². The van der Waals surface area contributed by atoms with Crippen LogP contribution >= 0.6 is 11.6 Å². The number of allylic oxidation sites excluding steroid dienone is 1. The molecule has 1 saturated carbocycles. The zero-order chi connectivity index (χ0) is 16.6. The molecule has 1 aromatic rings. The van der Waals surface area contributed by atoms with E-state index in [0.29, 0.717) is 17.0 Å². The first-order valence-electron chi connectivity index (χ1n) is 7.75. The first-order valence-corrected chi connectivity index (χ1v) is 8.13. The van der Waals surface area contributed by atoms with Crippen LogP contribution in [-0.2, 0) is 14.6 Å². The van der Waals surface area contributed by atoms with E-state index in [9.17, 15) is 9.59 Å². The maximum atomic E-state index is 12.2. The molecule has 0 amide bonds. The third kappa shape index (κ3) is 3.25. The molecule has 1 aliphatic carbocycles. The number of hydrogen-bond acceptors (Lipinski definition) is 4. The Hall–Kier alpha value is -1.49. The smallest absolute Gasteiger partial charge is 0.185 e. The molecule has 2 aliphatic rings. The quantitative estimate of drug-likeness (QED) is 0.479. The van der Waals surface area contributed by atoms with Crippen molar-refractivity contribution in [2.45, 2.75) is 38.4 Å². The monoisotopic (exact) mass is 334 g/mol. The van der Waals surface area contributed by atoms with E-state index in [2.05, 4.69) is 0 Å². The minimum absolute atomic E-state index is 0.0271. The Balaban J connectivity index is 1.75.